The van der Waals surface area contributed by atoms with E-state index in [-0.39, 0.29) is 18.1 Å². The Morgan fingerprint density at radius 1 is 1.07 bits per heavy atom. The molecule has 0 amide bonds. The normalized spacial score (nSPS) is 15.6. The van der Waals surface area contributed by atoms with Crippen LogP contribution in [-0.4, -0.2) is 12.6 Å². The third-order valence-electron chi connectivity index (χ3n) is 2.98. The van der Waals surface area contributed by atoms with Gasteiger partial charge >= 0.3 is 0 Å². The monoisotopic (exact) mass is 200 g/mol. The number of nitrogens with two attached hydrogens (primary N) is 1. The molecule has 2 heteroatoms. The lowest BCUT2D eigenvalue weighted by Gasteiger charge is -2.30. The lowest BCUT2D eigenvalue weighted by molar-refractivity contribution is 0.0774. The van der Waals surface area contributed by atoms with Crippen LogP contribution in [0.25, 0.3) is 0 Å². The molecule has 2 nitrogen and oxygen atoms in total. The van der Waals surface area contributed by atoms with Crippen molar-refractivity contribution in [2.75, 3.05) is 6.61 Å². The Morgan fingerprint density at radius 3 is 1.86 bits per heavy atom. The van der Waals surface area contributed by atoms with Crippen LogP contribution < -0.4 is 5.73 Å². The maximum absolute atomic E-state index is 10.9. The summed E-state index contributed by atoms with van der Waals surface area (Å²) in [6.07, 6.45) is 2.98. The van der Waals surface area contributed by atoms with Gasteiger partial charge in [-0.2, -0.15) is 0 Å². The Labute approximate surface area is 88.9 Å². The number of rotatable bonds is 6. The van der Waals surface area contributed by atoms with Gasteiger partial charge in [-0.05, 0) is 23.7 Å². The molecule has 0 rings (SSSR count). The van der Waals surface area contributed by atoms with Crippen LogP contribution in [0.2, 0.25) is 0 Å². The van der Waals surface area contributed by atoms with Crippen molar-refractivity contribution in [2.24, 2.45) is 16.6 Å². The first-order valence-corrected chi connectivity index (χ1v) is 5.56. The topological polar surface area (TPSA) is 45.9 Å². The number of hydrogen-bond donors (Lipinski definition) is 1. The van der Waals surface area contributed by atoms with Crippen molar-refractivity contribution in [3.8, 4) is 0 Å². The van der Waals surface area contributed by atoms with Gasteiger partial charge in [0.2, 0.25) is 0 Å². The second kappa shape index (κ2) is 5.13. The standard InChI is InChI=1S/C12H26NO/c1-6-11(2,3)7-10(13)8-12(4,5)9-14/h10H,6-9,13H2,1-5H3. The summed E-state index contributed by atoms with van der Waals surface area (Å²) in [7, 11) is 0. The second-order valence-corrected chi connectivity index (χ2v) is 5.99. The molecule has 0 aliphatic heterocycles. The highest BCUT2D eigenvalue weighted by Crippen LogP contribution is 2.30. The van der Waals surface area contributed by atoms with Crippen LogP contribution in [0.4, 0.5) is 0 Å². The van der Waals surface area contributed by atoms with Crippen LogP contribution in [0, 0.1) is 10.8 Å². The summed E-state index contributed by atoms with van der Waals surface area (Å²) in [5.41, 5.74) is 6.21. The van der Waals surface area contributed by atoms with Gasteiger partial charge in [-0.25, -0.2) is 5.11 Å². The zero-order valence-corrected chi connectivity index (χ0v) is 10.4. The predicted octanol–water partition coefficient (Wildman–Crippen LogP) is 2.99. The van der Waals surface area contributed by atoms with E-state index in [0.29, 0.717) is 5.41 Å². The van der Waals surface area contributed by atoms with E-state index in [9.17, 15) is 5.11 Å². The quantitative estimate of drug-likeness (QED) is 0.704. The molecule has 0 aromatic rings. The summed E-state index contributed by atoms with van der Waals surface area (Å²) in [6, 6.07) is 0.161. The fourth-order valence-corrected chi connectivity index (χ4v) is 1.69. The minimum Gasteiger partial charge on any atom is -0.328 e. The molecular weight excluding hydrogens is 174 g/mol. The first-order valence-electron chi connectivity index (χ1n) is 5.56. The maximum Gasteiger partial charge on any atom is 0.0873 e. The van der Waals surface area contributed by atoms with Gasteiger partial charge in [0.05, 0.1) is 6.61 Å². The molecule has 0 heterocycles. The van der Waals surface area contributed by atoms with Crippen molar-refractivity contribution >= 4 is 0 Å². The molecule has 0 saturated carbocycles. The van der Waals surface area contributed by atoms with Gasteiger partial charge in [-0.1, -0.05) is 41.0 Å². The SMILES string of the molecule is CCC(C)(C)CC(N)CC(C)(C)C[O]. The van der Waals surface area contributed by atoms with E-state index in [1.54, 1.807) is 0 Å². The molecule has 0 aliphatic carbocycles. The first kappa shape index (κ1) is 13.9. The van der Waals surface area contributed by atoms with Crippen molar-refractivity contribution in [3.63, 3.8) is 0 Å². The summed E-state index contributed by atoms with van der Waals surface area (Å²) in [6.45, 7) is 10.6. The fraction of sp³-hybridized carbons (Fsp3) is 1.00. The van der Waals surface area contributed by atoms with Gasteiger partial charge in [0.1, 0.15) is 0 Å². The van der Waals surface area contributed by atoms with E-state index in [1.807, 2.05) is 13.8 Å². The van der Waals surface area contributed by atoms with Gasteiger partial charge in [-0.3, -0.25) is 0 Å². The van der Waals surface area contributed by atoms with Crippen molar-refractivity contribution in [3.05, 3.63) is 0 Å². The Hall–Kier alpha value is -0.0800. The second-order valence-electron chi connectivity index (χ2n) is 5.99. The molecule has 1 unspecified atom stereocenters. The lowest BCUT2D eigenvalue weighted by atomic mass is 9.78. The van der Waals surface area contributed by atoms with E-state index in [0.717, 1.165) is 19.3 Å². The summed E-state index contributed by atoms with van der Waals surface area (Å²) in [4.78, 5) is 0. The Morgan fingerprint density at radius 2 is 1.50 bits per heavy atom. The minimum absolute atomic E-state index is 0.0345. The van der Waals surface area contributed by atoms with Crippen molar-refractivity contribution in [2.45, 2.75) is 59.9 Å². The summed E-state index contributed by atoms with van der Waals surface area (Å²) in [5, 5.41) is 10.9. The molecule has 0 saturated heterocycles. The van der Waals surface area contributed by atoms with Crippen molar-refractivity contribution in [1.82, 2.24) is 0 Å². The molecule has 0 bridgehead atoms. The molecule has 85 valence electrons. The van der Waals surface area contributed by atoms with Gasteiger partial charge in [-0.15, -0.1) is 0 Å². The summed E-state index contributed by atoms with van der Waals surface area (Å²) in [5.74, 6) is 0. The van der Waals surface area contributed by atoms with Crippen LogP contribution in [0.1, 0.15) is 53.9 Å². The molecule has 1 radical (unpaired) electrons. The van der Waals surface area contributed by atoms with E-state index in [2.05, 4.69) is 20.8 Å². The van der Waals surface area contributed by atoms with Crippen LogP contribution in [0.15, 0.2) is 0 Å². The summed E-state index contributed by atoms with van der Waals surface area (Å²) >= 11 is 0. The van der Waals surface area contributed by atoms with E-state index >= 15 is 0 Å². The zero-order chi connectivity index (χ0) is 11.4. The third-order valence-corrected chi connectivity index (χ3v) is 2.98. The molecule has 0 aromatic heterocycles. The Kier molecular flexibility index (Phi) is 5.10. The smallest absolute Gasteiger partial charge is 0.0873 e. The van der Waals surface area contributed by atoms with Crippen molar-refractivity contribution < 1.29 is 5.11 Å². The highest BCUT2D eigenvalue weighted by atomic mass is 16.3. The first-order chi connectivity index (χ1) is 6.22. The van der Waals surface area contributed by atoms with Crippen molar-refractivity contribution in [1.29, 1.82) is 0 Å². The highest BCUT2D eigenvalue weighted by Gasteiger charge is 2.25. The molecule has 0 fully saturated rings. The Balaban J connectivity index is 4.04. The lowest BCUT2D eigenvalue weighted by Crippen LogP contribution is -2.33. The predicted molar refractivity (Wildman–Crippen MR) is 60.6 cm³/mol. The van der Waals surface area contributed by atoms with Gasteiger partial charge < -0.3 is 5.73 Å². The van der Waals surface area contributed by atoms with E-state index < -0.39 is 0 Å². The molecule has 0 spiro atoms. The largest absolute Gasteiger partial charge is 0.328 e. The van der Waals surface area contributed by atoms with E-state index in [4.69, 9.17) is 5.73 Å². The average Bonchev–Trinajstić information content (AvgIpc) is 2.02. The van der Waals surface area contributed by atoms with Gasteiger partial charge in [0.15, 0.2) is 0 Å². The van der Waals surface area contributed by atoms with Gasteiger partial charge in [0.25, 0.3) is 0 Å². The molecule has 0 aromatic carbocycles. The van der Waals surface area contributed by atoms with E-state index in [1.165, 1.54) is 0 Å². The number of hydrogen-bond acceptors (Lipinski definition) is 1. The maximum atomic E-state index is 10.9. The average molecular weight is 200 g/mol. The molecular formula is C12H26NO. The zero-order valence-electron chi connectivity index (χ0n) is 10.4. The van der Waals surface area contributed by atoms with Crippen LogP contribution in [0.5, 0.6) is 0 Å². The van der Waals surface area contributed by atoms with Crippen LogP contribution in [0.3, 0.4) is 0 Å². The molecule has 1 atom stereocenters. The fourth-order valence-electron chi connectivity index (χ4n) is 1.69. The summed E-state index contributed by atoms with van der Waals surface area (Å²) < 4.78 is 0. The minimum atomic E-state index is -0.150. The molecule has 2 N–H and O–H groups in total. The van der Waals surface area contributed by atoms with Gasteiger partial charge in [0, 0.05) is 6.04 Å². The highest BCUT2D eigenvalue weighted by molar-refractivity contribution is 4.79. The Bertz CT molecular complexity index is 146. The van der Waals surface area contributed by atoms with Crippen LogP contribution in [-0.2, 0) is 5.11 Å². The third kappa shape index (κ3) is 5.61. The molecule has 0 aliphatic rings. The molecule has 14 heavy (non-hydrogen) atoms. The van der Waals surface area contributed by atoms with Crippen LogP contribution >= 0.6 is 0 Å².